The molecule has 0 saturated heterocycles. The highest BCUT2D eigenvalue weighted by atomic mass is 16.4. The normalized spacial score (nSPS) is 29.7. The van der Waals surface area contributed by atoms with Gasteiger partial charge in [-0.1, -0.05) is 27.7 Å². The van der Waals surface area contributed by atoms with Gasteiger partial charge in [0.1, 0.15) is 0 Å². The summed E-state index contributed by atoms with van der Waals surface area (Å²) >= 11 is 0. The monoisotopic (exact) mass is 298 g/mol. The number of amides is 1. The Labute approximate surface area is 127 Å². The quantitative estimate of drug-likeness (QED) is 0.699. The first-order valence-corrected chi connectivity index (χ1v) is 7.95. The minimum absolute atomic E-state index is 0.0407. The molecule has 1 rings (SSSR count). The Morgan fingerprint density at radius 3 is 2.52 bits per heavy atom. The van der Waals surface area contributed by atoms with Crippen molar-refractivity contribution in [2.75, 3.05) is 6.54 Å². The lowest BCUT2D eigenvalue weighted by Crippen LogP contribution is -2.53. The van der Waals surface area contributed by atoms with Gasteiger partial charge in [0.15, 0.2) is 0 Å². The van der Waals surface area contributed by atoms with Gasteiger partial charge in [0.05, 0.1) is 5.92 Å². The lowest BCUT2D eigenvalue weighted by molar-refractivity contribution is -0.150. The molecule has 21 heavy (non-hydrogen) atoms. The maximum atomic E-state index is 12.2. The van der Waals surface area contributed by atoms with Crippen LogP contribution in [-0.4, -0.2) is 29.6 Å². The summed E-state index contributed by atoms with van der Waals surface area (Å²) in [6.45, 7) is 8.55. The molecule has 0 aliphatic heterocycles. The second-order valence-corrected chi connectivity index (χ2v) is 7.03. The number of nitrogens with two attached hydrogens (primary N) is 1. The summed E-state index contributed by atoms with van der Waals surface area (Å²) in [7, 11) is 0. The molecule has 5 heteroatoms. The molecule has 0 bridgehead atoms. The highest BCUT2D eigenvalue weighted by Gasteiger charge is 2.46. The third-order valence-electron chi connectivity index (χ3n) is 5.36. The van der Waals surface area contributed by atoms with Crippen molar-refractivity contribution in [2.24, 2.45) is 28.9 Å². The standard InChI is InChI=1S/C16H30N2O3/c1-10(6-5-9-17)14(19)18-13-8-7-12(15(20)21)16(3,4)11(13)2/h10-13H,5-9,17H2,1-4H3,(H,18,19)(H,20,21). The minimum atomic E-state index is -0.729. The Morgan fingerprint density at radius 1 is 1.38 bits per heavy atom. The molecule has 4 atom stereocenters. The molecule has 0 aromatic carbocycles. The lowest BCUT2D eigenvalue weighted by atomic mass is 9.61. The van der Waals surface area contributed by atoms with E-state index in [1.807, 2.05) is 27.7 Å². The number of carboxylic acids is 1. The smallest absolute Gasteiger partial charge is 0.307 e. The van der Waals surface area contributed by atoms with Gasteiger partial charge in [-0.05, 0) is 43.6 Å². The average Bonchev–Trinajstić information content (AvgIpc) is 2.40. The van der Waals surface area contributed by atoms with Gasteiger partial charge in [-0.2, -0.15) is 0 Å². The highest BCUT2D eigenvalue weighted by Crippen LogP contribution is 2.45. The first-order valence-electron chi connectivity index (χ1n) is 7.95. The van der Waals surface area contributed by atoms with E-state index in [9.17, 15) is 14.7 Å². The molecule has 5 nitrogen and oxygen atoms in total. The molecule has 1 amide bonds. The van der Waals surface area contributed by atoms with E-state index in [4.69, 9.17) is 5.73 Å². The SMILES string of the molecule is CC(CCCN)C(=O)NC1CCC(C(=O)O)C(C)(C)C1C. The third-order valence-corrected chi connectivity index (χ3v) is 5.36. The third kappa shape index (κ3) is 4.19. The van der Waals surface area contributed by atoms with Gasteiger partial charge in [0.2, 0.25) is 5.91 Å². The van der Waals surface area contributed by atoms with E-state index in [2.05, 4.69) is 5.32 Å². The molecular formula is C16H30N2O3. The van der Waals surface area contributed by atoms with Crippen LogP contribution >= 0.6 is 0 Å². The van der Waals surface area contributed by atoms with Gasteiger partial charge in [0.25, 0.3) is 0 Å². The predicted octanol–water partition coefficient (Wildman–Crippen LogP) is 2.00. The Hall–Kier alpha value is -1.10. The molecule has 0 aromatic heterocycles. The lowest BCUT2D eigenvalue weighted by Gasteiger charge is -2.46. The average molecular weight is 298 g/mol. The van der Waals surface area contributed by atoms with Crippen LogP contribution in [0.2, 0.25) is 0 Å². The van der Waals surface area contributed by atoms with E-state index >= 15 is 0 Å². The van der Waals surface area contributed by atoms with Crippen LogP contribution in [0.1, 0.15) is 53.4 Å². The second-order valence-electron chi connectivity index (χ2n) is 7.03. The van der Waals surface area contributed by atoms with Crippen molar-refractivity contribution in [3.8, 4) is 0 Å². The number of nitrogens with one attached hydrogen (secondary N) is 1. The molecule has 1 saturated carbocycles. The maximum absolute atomic E-state index is 12.2. The molecule has 1 aliphatic carbocycles. The summed E-state index contributed by atoms with van der Waals surface area (Å²) < 4.78 is 0. The van der Waals surface area contributed by atoms with Gasteiger partial charge in [-0.25, -0.2) is 0 Å². The molecule has 1 aliphatic rings. The van der Waals surface area contributed by atoms with Gasteiger partial charge >= 0.3 is 5.97 Å². The number of carbonyl (C=O) groups is 2. The largest absolute Gasteiger partial charge is 0.481 e. The van der Waals surface area contributed by atoms with Crippen LogP contribution in [0, 0.1) is 23.2 Å². The number of hydrogen-bond donors (Lipinski definition) is 3. The minimum Gasteiger partial charge on any atom is -0.481 e. The first-order chi connectivity index (χ1) is 9.71. The zero-order valence-electron chi connectivity index (χ0n) is 13.7. The zero-order chi connectivity index (χ0) is 16.2. The van der Waals surface area contributed by atoms with Crippen LogP contribution in [-0.2, 0) is 9.59 Å². The highest BCUT2D eigenvalue weighted by molar-refractivity contribution is 5.78. The topological polar surface area (TPSA) is 92.4 Å². The number of carbonyl (C=O) groups excluding carboxylic acids is 1. The Balaban J connectivity index is 2.66. The van der Waals surface area contributed by atoms with Gasteiger partial charge in [-0.3, -0.25) is 9.59 Å². The molecule has 4 N–H and O–H groups in total. The van der Waals surface area contributed by atoms with E-state index < -0.39 is 5.97 Å². The fraction of sp³-hybridized carbons (Fsp3) is 0.875. The number of aliphatic carboxylic acids is 1. The van der Waals surface area contributed by atoms with Crippen LogP contribution in [0.3, 0.4) is 0 Å². The Bertz CT molecular complexity index is 382. The van der Waals surface area contributed by atoms with Crippen molar-refractivity contribution in [3.05, 3.63) is 0 Å². The maximum Gasteiger partial charge on any atom is 0.307 e. The molecule has 0 heterocycles. The van der Waals surface area contributed by atoms with Crippen molar-refractivity contribution >= 4 is 11.9 Å². The fourth-order valence-corrected chi connectivity index (χ4v) is 3.32. The van der Waals surface area contributed by atoms with Gasteiger partial charge in [0, 0.05) is 12.0 Å². The number of rotatable bonds is 6. The number of carboxylic acid groups (broad SMARTS) is 1. The summed E-state index contributed by atoms with van der Waals surface area (Å²) in [5, 5.41) is 12.5. The van der Waals surface area contributed by atoms with Crippen LogP contribution < -0.4 is 11.1 Å². The molecule has 0 spiro atoms. The van der Waals surface area contributed by atoms with E-state index in [1.54, 1.807) is 0 Å². The number of hydrogen-bond acceptors (Lipinski definition) is 3. The zero-order valence-corrected chi connectivity index (χ0v) is 13.7. The summed E-state index contributed by atoms with van der Waals surface area (Å²) in [5.74, 6) is -0.910. The summed E-state index contributed by atoms with van der Waals surface area (Å²) in [5.41, 5.74) is 5.16. The van der Waals surface area contributed by atoms with Crippen molar-refractivity contribution in [1.29, 1.82) is 0 Å². The van der Waals surface area contributed by atoms with Crippen molar-refractivity contribution in [1.82, 2.24) is 5.32 Å². The molecule has 4 unspecified atom stereocenters. The van der Waals surface area contributed by atoms with Crippen molar-refractivity contribution in [2.45, 2.75) is 59.4 Å². The van der Waals surface area contributed by atoms with Crippen LogP contribution in [0.5, 0.6) is 0 Å². The van der Waals surface area contributed by atoms with Crippen molar-refractivity contribution in [3.63, 3.8) is 0 Å². The van der Waals surface area contributed by atoms with Crippen LogP contribution in [0.25, 0.3) is 0 Å². The fourth-order valence-electron chi connectivity index (χ4n) is 3.32. The van der Waals surface area contributed by atoms with Crippen LogP contribution in [0.4, 0.5) is 0 Å². The van der Waals surface area contributed by atoms with Crippen LogP contribution in [0.15, 0.2) is 0 Å². The van der Waals surface area contributed by atoms with E-state index in [0.29, 0.717) is 13.0 Å². The molecule has 1 fully saturated rings. The van der Waals surface area contributed by atoms with E-state index in [0.717, 1.165) is 19.3 Å². The molecule has 122 valence electrons. The van der Waals surface area contributed by atoms with Gasteiger partial charge in [-0.15, -0.1) is 0 Å². The van der Waals surface area contributed by atoms with E-state index in [-0.39, 0.29) is 35.1 Å². The first kappa shape index (κ1) is 18.0. The van der Waals surface area contributed by atoms with Crippen molar-refractivity contribution < 1.29 is 14.7 Å². The van der Waals surface area contributed by atoms with Gasteiger partial charge < -0.3 is 16.2 Å². The molecule has 0 radical (unpaired) electrons. The second kappa shape index (κ2) is 7.25. The molecule has 0 aromatic rings. The summed E-state index contributed by atoms with van der Waals surface area (Å²) in [4.78, 5) is 23.6. The Morgan fingerprint density at radius 2 is 2.00 bits per heavy atom. The van der Waals surface area contributed by atoms with E-state index in [1.165, 1.54) is 0 Å². The molecular weight excluding hydrogens is 268 g/mol. The predicted molar refractivity (Wildman–Crippen MR) is 82.7 cm³/mol. The summed E-state index contributed by atoms with van der Waals surface area (Å²) in [6.07, 6.45) is 3.00. The Kier molecular flexibility index (Phi) is 6.20. The summed E-state index contributed by atoms with van der Waals surface area (Å²) in [6, 6.07) is 0.0587.